The molecule has 0 spiro atoms. The summed E-state index contributed by atoms with van der Waals surface area (Å²) in [5, 5.41) is 8.35. The molecule has 5 nitrogen and oxygen atoms in total. The summed E-state index contributed by atoms with van der Waals surface area (Å²) in [6.07, 6.45) is 3.28. The lowest BCUT2D eigenvalue weighted by Gasteiger charge is -2.07. The van der Waals surface area contributed by atoms with Crippen LogP contribution in [0.1, 0.15) is 5.56 Å². The second kappa shape index (κ2) is 4.85. The van der Waals surface area contributed by atoms with Crippen molar-refractivity contribution in [3.05, 3.63) is 42.4 Å². The van der Waals surface area contributed by atoms with Gasteiger partial charge in [-0.05, 0) is 17.7 Å². The van der Waals surface area contributed by atoms with E-state index in [1.807, 2.05) is 31.3 Å². The van der Waals surface area contributed by atoms with Crippen LogP contribution >= 0.6 is 11.6 Å². The Labute approximate surface area is 115 Å². The standard InChI is InChI=1S/C13H12ClN5/c1-19-13-11(7-17-19)12(15-8-16-13)18-10-4-2-3-9(5-10)6-14/h2-5,7-8H,6H2,1H3,(H,15,16,18). The van der Waals surface area contributed by atoms with Gasteiger partial charge in [-0.25, -0.2) is 9.97 Å². The maximum absolute atomic E-state index is 5.83. The Bertz CT molecular complexity index is 722. The van der Waals surface area contributed by atoms with Gasteiger partial charge in [-0.1, -0.05) is 12.1 Å². The number of hydrogen-bond donors (Lipinski definition) is 1. The number of aromatic nitrogens is 4. The molecule has 0 saturated heterocycles. The zero-order chi connectivity index (χ0) is 13.2. The van der Waals surface area contributed by atoms with E-state index in [0.717, 1.165) is 28.1 Å². The van der Waals surface area contributed by atoms with E-state index >= 15 is 0 Å². The average molecular weight is 274 g/mol. The minimum Gasteiger partial charge on any atom is -0.340 e. The fourth-order valence-electron chi connectivity index (χ4n) is 1.93. The number of fused-ring (bicyclic) bond motifs is 1. The Morgan fingerprint density at radius 1 is 1.32 bits per heavy atom. The van der Waals surface area contributed by atoms with Gasteiger partial charge in [0.2, 0.25) is 0 Å². The molecule has 0 amide bonds. The molecule has 0 atom stereocenters. The highest BCUT2D eigenvalue weighted by atomic mass is 35.5. The van der Waals surface area contributed by atoms with Gasteiger partial charge in [-0.2, -0.15) is 5.10 Å². The van der Waals surface area contributed by atoms with Crippen LogP contribution in [0, 0.1) is 0 Å². The number of aryl methyl sites for hydroxylation is 1. The van der Waals surface area contributed by atoms with E-state index in [9.17, 15) is 0 Å². The number of nitrogens with one attached hydrogen (secondary N) is 1. The summed E-state index contributed by atoms with van der Waals surface area (Å²) < 4.78 is 1.72. The third-order valence-corrected chi connectivity index (χ3v) is 3.18. The van der Waals surface area contributed by atoms with E-state index in [-0.39, 0.29) is 0 Å². The SMILES string of the molecule is Cn1ncc2c(Nc3cccc(CCl)c3)ncnc21. The van der Waals surface area contributed by atoms with E-state index in [2.05, 4.69) is 20.4 Å². The molecule has 0 saturated carbocycles. The maximum atomic E-state index is 5.83. The van der Waals surface area contributed by atoms with Crippen LogP contribution in [-0.4, -0.2) is 19.7 Å². The Morgan fingerprint density at radius 2 is 2.21 bits per heavy atom. The highest BCUT2D eigenvalue weighted by Crippen LogP contribution is 2.23. The largest absolute Gasteiger partial charge is 0.340 e. The Balaban J connectivity index is 2.00. The topological polar surface area (TPSA) is 55.6 Å². The molecule has 2 aromatic heterocycles. The van der Waals surface area contributed by atoms with Gasteiger partial charge in [0.25, 0.3) is 0 Å². The molecule has 0 aliphatic heterocycles. The average Bonchev–Trinajstić information content (AvgIpc) is 2.82. The third-order valence-electron chi connectivity index (χ3n) is 2.87. The number of anilines is 2. The minimum absolute atomic E-state index is 0.488. The summed E-state index contributed by atoms with van der Waals surface area (Å²) in [6, 6.07) is 7.91. The molecule has 3 aromatic rings. The Kier molecular flexibility index (Phi) is 3.05. The fourth-order valence-corrected chi connectivity index (χ4v) is 2.10. The van der Waals surface area contributed by atoms with Gasteiger partial charge in [0.05, 0.1) is 11.6 Å². The van der Waals surface area contributed by atoms with Gasteiger partial charge < -0.3 is 5.32 Å². The predicted molar refractivity (Wildman–Crippen MR) is 75.6 cm³/mol. The van der Waals surface area contributed by atoms with Crippen molar-refractivity contribution in [3.8, 4) is 0 Å². The zero-order valence-electron chi connectivity index (χ0n) is 10.3. The first-order chi connectivity index (χ1) is 9.28. The van der Waals surface area contributed by atoms with E-state index < -0.39 is 0 Å². The first-order valence-electron chi connectivity index (χ1n) is 5.82. The Hall–Kier alpha value is -2.14. The van der Waals surface area contributed by atoms with E-state index in [0.29, 0.717) is 5.88 Å². The van der Waals surface area contributed by atoms with Crippen molar-refractivity contribution in [1.82, 2.24) is 19.7 Å². The monoisotopic (exact) mass is 273 g/mol. The van der Waals surface area contributed by atoms with Crippen molar-refractivity contribution in [2.45, 2.75) is 5.88 Å². The molecule has 0 radical (unpaired) electrons. The minimum atomic E-state index is 0.488. The highest BCUT2D eigenvalue weighted by molar-refractivity contribution is 6.17. The van der Waals surface area contributed by atoms with Crippen molar-refractivity contribution in [3.63, 3.8) is 0 Å². The molecule has 0 aliphatic rings. The predicted octanol–water partition coefficient (Wildman–Crippen LogP) is 2.85. The number of nitrogens with zero attached hydrogens (tertiary/aromatic N) is 4. The molecule has 19 heavy (non-hydrogen) atoms. The van der Waals surface area contributed by atoms with Crippen molar-refractivity contribution in [1.29, 1.82) is 0 Å². The van der Waals surface area contributed by atoms with Crippen molar-refractivity contribution < 1.29 is 0 Å². The lowest BCUT2D eigenvalue weighted by atomic mass is 10.2. The van der Waals surface area contributed by atoms with Crippen LogP contribution in [0.15, 0.2) is 36.8 Å². The summed E-state index contributed by atoms with van der Waals surface area (Å²) >= 11 is 5.83. The van der Waals surface area contributed by atoms with Crippen LogP contribution in [0.25, 0.3) is 11.0 Å². The van der Waals surface area contributed by atoms with Crippen molar-refractivity contribution in [2.24, 2.45) is 7.05 Å². The number of benzene rings is 1. The second-order valence-electron chi connectivity index (χ2n) is 4.19. The van der Waals surface area contributed by atoms with Crippen LogP contribution in [0.4, 0.5) is 11.5 Å². The molecule has 0 aliphatic carbocycles. The summed E-state index contributed by atoms with van der Waals surface area (Å²) in [7, 11) is 1.85. The normalized spacial score (nSPS) is 10.8. The molecule has 1 N–H and O–H groups in total. The van der Waals surface area contributed by atoms with Crippen molar-refractivity contribution >= 4 is 34.1 Å². The molecular weight excluding hydrogens is 262 g/mol. The van der Waals surface area contributed by atoms with Crippen LogP contribution in [0.3, 0.4) is 0 Å². The van der Waals surface area contributed by atoms with Gasteiger partial charge in [0.1, 0.15) is 12.1 Å². The van der Waals surface area contributed by atoms with E-state index in [1.165, 1.54) is 6.33 Å². The molecule has 6 heteroatoms. The first kappa shape index (κ1) is 11.9. The third kappa shape index (κ3) is 2.24. The number of hydrogen-bond acceptors (Lipinski definition) is 4. The fraction of sp³-hybridized carbons (Fsp3) is 0.154. The van der Waals surface area contributed by atoms with Gasteiger partial charge in [-0.3, -0.25) is 4.68 Å². The number of rotatable bonds is 3. The van der Waals surface area contributed by atoms with Crippen LogP contribution < -0.4 is 5.32 Å². The van der Waals surface area contributed by atoms with Gasteiger partial charge in [-0.15, -0.1) is 11.6 Å². The molecule has 2 heterocycles. The quantitative estimate of drug-likeness (QED) is 0.746. The van der Waals surface area contributed by atoms with E-state index in [1.54, 1.807) is 10.9 Å². The number of alkyl halides is 1. The highest BCUT2D eigenvalue weighted by Gasteiger charge is 2.07. The lowest BCUT2D eigenvalue weighted by Crippen LogP contribution is -1.97. The summed E-state index contributed by atoms with van der Waals surface area (Å²) in [4.78, 5) is 8.47. The van der Waals surface area contributed by atoms with Crippen molar-refractivity contribution in [2.75, 3.05) is 5.32 Å². The molecular formula is C13H12ClN5. The maximum Gasteiger partial charge on any atom is 0.163 e. The summed E-state index contributed by atoms with van der Waals surface area (Å²) in [5.41, 5.74) is 2.80. The van der Waals surface area contributed by atoms with Gasteiger partial charge in [0.15, 0.2) is 5.65 Å². The molecule has 0 bridgehead atoms. The molecule has 0 unspecified atom stereocenters. The Morgan fingerprint density at radius 3 is 3.05 bits per heavy atom. The van der Waals surface area contributed by atoms with Crippen LogP contribution in [0.5, 0.6) is 0 Å². The van der Waals surface area contributed by atoms with Crippen LogP contribution in [-0.2, 0) is 12.9 Å². The van der Waals surface area contributed by atoms with E-state index in [4.69, 9.17) is 11.6 Å². The lowest BCUT2D eigenvalue weighted by molar-refractivity contribution is 0.785. The first-order valence-corrected chi connectivity index (χ1v) is 6.36. The molecule has 96 valence electrons. The second-order valence-corrected chi connectivity index (χ2v) is 4.45. The van der Waals surface area contributed by atoms with Crippen LogP contribution in [0.2, 0.25) is 0 Å². The molecule has 1 aromatic carbocycles. The van der Waals surface area contributed by atoms with Gasteiger partial charge >= 0.3 is 0 Å². The summed E-state index contributed by atoms with van der Waals surface area (Å²) in [6.45, 7) is 0. The zero-order valence-corrected chi connectivity index (χ0v) is 11.1. The smallest absolute Gasteiger partial charge is 0.163 e. The summed E-state index contributed by atoms with van der Waals surface area (Å²) in [5.74, 6) is 1.23. The molecule has 0 fully saturated rings. The molecule has 3 rings (SSSR count). The van der Waals surface area contributed by atoms with Gasteiger partial charge in [0, 0.05) is 18.6 Å². The number of halogens is 1.